The quantitative estimate of drug-likeness (QED) is 0.532. The van der Waals surface area contributed by atoms with Crippen molar-refractivity contribution in [1.82, 2.24) is 9.97 Å². The lowest BCUT2D eigenvalue weighted by Crippen LogP contribution is -2.10. The van der Waals surface area contributed by atoms with Crippen LogP contribution in [0.15, 0.2) is 22.7 Å². The molecule has 0 aliphatic rings. The zero-order valence-electron chi connectivity index (χ0n) is 6.13. The Morgan fingerprint density at radius 2 is 2.55 bits per heavy atom. The molecule has 0 bridgehead atoms. The molecule has 0 saturated carbocycles. The Bertz CT molecular complexity index is 318. The van der Waals surface area contributed by atoms with Crippen molar-refractivity contribution >= 4 is 17.8 Å². The molecular formula is C7H8N2OS. The molecule has 0 aromatic carbocycles. The molecule has 1 aromatic heterocycles. The second kappa shape index (κ2) is 3.39. The summed E-state index contributed by atoms with van der Waals surface area (Å²) in [5, 5.41) is 0.712. The van der Waals surface area contributed by atoms with Crippen molar-refractivity contribution in [2.45, 2.75) is 5.03 Å². The molecule has 0 amide bonds. The maximum absolute atomic E-state index is 11.0. The molecule has 1 heterocycles. The number of hydrogen-bond acceptors (Lipinski definition) is 3. The number of thioether (sulfide) groups is 1. The summed E-state index contributed by atoms with van der Waals surface area (Å²) < 4.78 is 0. The lowest BCUT2D eigenvalue weighted by Gasteiger charge is -1.97. The standard InChI is InChI=1S/C7H8N2OS/c1-3-5-6(10)8-4-9-7(5)11-2/h3-4H,1H2,2H3,(H,8,9,10). The van der Waals surface area contributed by atoms with Gasteiger partial charge in [-0.05, 0) is 6.26 Å². The Balaban J connectivity index is 3.36. The van der Waals surface area contributed by atoms with E-state index in [0.29, 0.717) is 10.6 Å². The van der Waals surface area contributed by atoms with Crippen LogP contribution < -0.4 is 5.56 Å². The van der Waals surface area contributed by atoms with E-state index in [4.69, 9.17) is 0 Å². The van der Waals surface area contributed by atoms with Gasteiger partial charge < -0.3 is 4.98 Å². The van der Waals surface area contributed by atoms with Gasteiger partial charge >= 0.3 is 0 Å². The molecule has 0 spiro atoms. The number of H-pyrrole nitrogens is 1. The predicted octanol–water partition coefficient (Wildman–Crippen LogP) is 1.13. The largest absolute Gasteiger partial charge is 0.313 e. The fourth-order valence-corrected chi connectivity index (χ4v) is 1.29. The number of rotatable bonds is 2. The molecule has 1 rings (SSSR count). The monoisotopic (exact) mass is 168 g/mol. The Morgan fingerprint density at radius 1 is 1.82 bits per heavy atom. The Kier molecular flexibility index (Phi) is 2.48. The van der Waals surface area contributed by atoms with Gasteiger partial charge in [-0.3, -0.25) is 4.79 Å². The van der Waals surface area contributed by atoms with Crippen molar-refractivity contribution in [2.75, 3.05) is 6.26 Å². The number of nitrogens with one attached hydrogen (secondary N) is 1. The first-order chi connectivity index (χ1) is 5.29. The highest BCUT2D eigenvalue weighted by atomic mass is 32.2. The minimum atomic E-state index is -0.139. The first-order valence-electron chi connectivity index (χ1n) is 3.03. The van der Waals surface area contributed by atoms with Crippen LogP contribution in [0.2, 0.25) is 0 Å². The van der Waals surface area contributed by atoms with E-state index in [1.54, 1.807) is 0 Å². The Hall–Kier alpha value is -1.03. The van der Waals surface area contributed by atoms with E-state index in [9.17, 15) is 4.79 Å². The van der Waals surface area contributed by atoms with Gasteiger partial charge in [-0.2, -0.15) is 0 Å². The van der Waals surface area contributed by atoms with Crippen LogP contribution in [0.5, 0.6) is 0 Å². The molecule has 0 saturated heterocycles. The van der Waals surface area contributed by atoms with E-state index < -0.39 is 0 Å². The predicted molar refractivity (Wildman–Crippen MR) is 46.7 cm³/mol. The van der Waals surface area contributed by atoms with Gasteiger partial charge in [-0.15, -0.1) is 11.8 Å². The van der Waals surface area contributed by atoms with Crippen molar-refractivity contribution < 1.29 is 0 Å². The summed E-state index contributed by atoms with van der Waals surface area (Å²) in [5.74, 6) is 0. The smallest absolute Gasteiger partial charge is 0.259 e. The second-order valence-electron chi connectivity index (χ2n) is 1.86. The van der Waals surface area contributed by atoms with Crippen LogP contribution >= 0.6 is 11.8 Å². The third-order valence-corrected chi connectivity index (χ3v) is 1.96. The molecule has 0 aliphatic heterocycles. The van der Waals surface area contributed by atoms with Crippen LogP contribution in [0, 0.1) is 0 Å². The zero-order chi connectivity index (χ0) is 8.27. The van der Waals surface area contributed by atoms with Crippen molar-refractivity contribution in [3.8, 4) is 0 Å². The molecule has 0 radical (unpaired) electrons. The van der Waals surface area contributed by atoms with E-state index in [-0.39, 0.29) is 5.56 Å². The van der Waals surface area contributed by atoms with Gasteiger partial charge in [-0.1, -0.05) is 12.7 Å². The molecule has 4 heteroatoms. The first-order valence-corrected chi connectivity index (χ1v) is 4.26. The number of hydrogen-bond donors (Lipinski definition) is 1. The van der Waals surface area contributed by atoms with Gasteiger partial charge in [0.2, 0.25) is 0 Å². The highest BCUT2D eigenvalue weighted by molar-refractivity contribution is 7.98. The normalized spacial score (nSPS) is 9.55. The van der Waals surface area contributed by atoms with E-state index in [1.165, 1.54) is 24.2 Å². The van der Waals surface area contributed by atoms with Crippen LogP contribution in [0.4, 0.5) is 0 Å². The van der Waals surface area contributed by atoms with Crippen molar-refractivity contribution in [1.29, 1.82) is 0 Å². The van der Waals surface area contributed by atoms with E-state index in [2.05, 4.69) is 16.5 Å². The minimum Gasteiger partial charge on any atom is -0.313 e. The molecule has 1 N–H and O–H groups in total. The number of aromatic nitrogens is 2. The Morgan fingerprint density at radius 3 is 3.00 bits per heavy atom. The summed E-state index contributed by atoms with van der Waals surface area (Å²) in [5.41, 5.74) is 0.402. The van der Waals surface area contributed by atoms with Gasteiger partial charge in [0.1, 0.15) is 5.03 Å². The van der Waals surface area contributed by atoms with Crippen LogP contribution in [0.1, 0.15) is 5.56 Å². The highest BCUT2D eigenvalue weighted by Crippen LogP contribution is 2.13. The van der Waals surface area contributed by atoms with Crippen LogP contribution in [-0.4, -0.2) is 16.2 Å². The number of nitrogens with zero attached hydrogens (tertiary/aromatic N) is 1. The topological polar surface area (TPSA) is 45.8 Å². The molecule has 0 atom stereocenters. The molecular weight excluding hydrogens is 160 g/mol. The van der Waals surface area contributed by atoms with Gasteiger partial charge in [0, 0.05) is 0 Å². The molecule has 3 nitrogen and oxygen atoms in total. The summed E-state index contributed by atoms with van der Waals surface area (Å²) in [6.45, 7) is 3.53. The molecule has 0 unspecified atom stereocenters. The molecule has 0 aliphatic carbocycles. The molecule has 58 valence electrons. The Labute approximate surface area is 68.6 Å². The summed E-state index contributed by atoms with van der Waals surface area (Å²) in [7, 11) is 0. The number of aromatic amines is 1. The maximum atomic E-state index is 11.0. The summed E-state index contributed by atoms with van der Waals surface area (Å²) in [6.07, 6.45) is 4.77. The minimum absolute atomic E-state index is 0.139. The lowest BCUT2D eigenvalue weighted by atomic mass is 10.3. The van der Waals surface area contributed by atoms with E-state index in [0.717, 1.165) is 0 Å². The molecule has 1 aromatic rings. The SMILES string of the molecule is C=Cc1c(SC)nc[nH]c1=O. The third-order valence-electron chi connectivity index (χ3n) is 1.25. The summed E-state index contributed by atoms with van der Waals surface area (Å²) in [4.78, 5) is 17.5. The zero-order valence-corrected chi connectivity index (χ0v) is 6.94. The average Bonchev–Trinajstić information content (AvgIpc) is 2.04. The van der Waals surface area contributed by atoms with Gasteiger partial charge in [0.25, 0.3) is 5.56 Å². The average molecular weight is 168 g/mol. The van der Waals surface area contributed by atoms with Gasteiger partial charge in [0.05, 0.1) is 11.9 Å². The first kappa shape index (κ1) is 8.07. The highest BCUT2D eigenvalue weighted by Gasteiger charge is 2.01. The fourth-order valence-electron chi connectivity index (χ4n) is 0.737. The van der Waals surface area contributed by atoms with Crippen LogP contribution in [0.3, 0.4) is 0 Å². The van der Waals surface area contributed by atoms with Gasteiger partial charge in [-0.25, -0.2) is 4.98 Å². The molecule has 11 heavy (non-hydrogen) atoms. The fraction of sp³-hybridized carbons (Fsp3) is 0.143. The third kappa shape index (κ3) is 1.51. The van der Waals surface area contributed by atoms with Crippen molar-refractivity contribution in [2.24, 2.45) is 0 Å². The van der Waals surface area contributed by atoms with E-state index >= 15 is 0 Å². The van der Waals surface area contributed by atoms with Crippen LogP contribution in [-0.2, 0) is 0 Å². The van der Waals surface area contributed by atoms with Crippen molar-refractivity contribution in [3.63, 3.8) is 0 Å². The second-order valence-corrected chi connectivity index (χ2v) is 2.65. The molecule has 0 fully saturated rings. The van der Waals surface area contributed by atoms with Gasteiger partial charge in [0.15, 0.2) is 0 Å². The maximum Gasteiger partial charge on any atom is 0.259 e. The van der Waals surface area contributed by atoms with Crippen LogP contribution in [0.25, 0.3) is 6.08 Å². The van der Waals surface area contributed by atoms with E-state index in [1.807, 2.05) is 6.26 Å². The summed E-state index contributed by atoms with van der Waals surface area (Å²) >= 11 is 1.43. The van der Waals surface area contributed by atoms with Crippen molar-refractivity contribution in [3.05, 3.63) is 28.8 Å². The summed E-state index contributed by atoms with van der Waals surface area (Å²) in [6, 6.07) is 0. The lowest BCUT2D eigenvalue weighted by molar-refractivity contribution is 1.00.